The normalized spacial score (nSPS) is 15.8. The topological polar surface area (TPSA) is 71.1 Å². The first-order valence-corrected chi connectivity index (χ1v) is 7.95. The molecular weight excluding hydrogens is 324 g/mol. The molecule has 2 rings (SSSR count). The van der Waals surface area contributed by atoms with Crippen LogP contribution >= 0.6 is 0 Å². The largest absolute Gasteiger partial charge is 0.493 e. The van der Waals surface area contributed by atoms with E-state index < -0.39 is 12.1 Å². The second-order valence-electron chi connectivity index (χ2n) is 5.49. The van der Waals surface area contributed by atoms with Gasteiger partial charge in [0.2, 0.25) is 0 Å². The van der Waals surface area contributed by atoms with E-state index in [1.807, 2.05) is 6.07 Å². The van der Waals surface area contributed by atoms with E-state index in [9.17, 15) is 9.59 Å². The molecular formula is C19H22O6. The molecule has 1 unspecified atom stereocenters. The maximum atomic E-state index is 12.1. The highest BCUT2D eigenvalue weighted by Crippen LogP contribution is 2.38. The summed E-state index contributed by atoms with van der Waals surface area (Å²) in [5.41, 5.74) is 1.97. The number of carbonyl (C=O) groups excluding carboxylic acids is 2. The lowest BCUT2D eigenvalue weighted by Crippen LogP contribution is -2.13. The summed E-state index contributed by atoms with van der Waals surface area (Å²) in [4.78, 5) is 23.6. The first-order chi connectivity index (χ1) is 12.0. The Morgan fingerprint density at radius 3 is 2.48 bits per heavy atom. The maximum Gasteiger partial charge on any atom is 0.334 e. The van der Waals surface area contributed by atoms with Crippen LogP contribution < -0.4 is 9.47 Å². The van der Waals surface area contributed by atoms with Crippen molar-refractivity contribution in [3.05, 3.63) is 41.2 Å². The van der Waals surface area contributed by atoms with Gasteiger partial charge in [-0.25, -0.2) is 4.79 Å². The van der Waals surface area contributed by atoms with E-state index in [-0.39, 0.29) is 24.4 Å². The zero-order valence-corrected chi connectivity index (χ0v) is 14.8. The third kappa shape index (κ3) is 4.41. The smallest absolute Gasteiger partial charge is 0.334 e. The molecule has 6 nitrogen and oxygen atoms in total. The van der Waals surface area contributed by atoms with Crippen LogP contribution in [0.5, 0.6) is 11.5 Å². The molecule has 1 heterocycles. The molecule has 1 aliphatic heterocycles. The molecule has 0 aliphatic carbocycles. The summed E-state index contributed by atoms with van der Waals surface area (Å²) in [5.74, 6) is 0.517. The van der Waals surface area contributed by atoms with Crippen LogP contribution in [0.4, 0.5) is 0 Å². The molecule has 0 saturated heterocycles. The first kappa shape index (κ1) is 18.6. The summed E-state index contributed by atoms with van der Waals surface area (Å²) < 4.78 is 21.3. The molecule has 1 atom stereocenters. The number of hydrogen-bond donors (Lipinski definition) is 0. The van der Waals surface area contributed by atoms with Crippen molar-refractivity contribution in [2.24, 2.45) is 0 Å². The second kappa shape index (κ2) is 8.37. The summed E-state index contributed by atoms with van der Waals surface area (Å²) in [7, 11) is 3.12. The minimum Gasteiger partial charge on any atom is -0.493 e. The maximum absolute atomic E-state index is 12.1. The summed E-state index contributed by atoms with van der Waals surface area (Å²) in [5, 5.41) is 0. The molecule has 6 heteroatoms. The van der Waals surface area contributed by atoms with Crippen molar-refractivity contribution in [1.82, 2.24) is 0 Å². The number of carbonyl (C=O) groups is 2. The number of rotatable bonds is 7. The Bertz CT molecular complexity index is 717. The van der Waals surface area contributed by atoms with Gasteiger partial charge in [0, 0.05) is 17.6 Å². The van der Waals surface area contributed by atoms with Crippen molar-refractivity contribution in [2.75, 3.05) is 20.8 Å². The van der Waals surface area contributed by atoms with Gasteiger partial charge in [-0.1, -0.05) is 0 Å². The standard InChI is InChI=1S/C19H22O6/c1-5-24-19(21)14(8-12(2)20)10-16-15-11-18(23-4)17(22-3)9-13(15)6-7-25-16/h6-7,9-11,16H,5,8H2,1-4H3/b14-10+. The number of ketones is 1. The highest BCUT2D eigenvalue weighted by molar-refractivity contribution is 5.95. The Morgan fingerprint density at radius 2 is 1.88 bits per heavy atom. The number of fused-ring (bicyclic) bond motifs is 1. The van der Waals surface area contributed by atoms with Gasteiger partial charge in [-0.05, 0) is 43.7 Å². The first-order valence-electron chi connectivity index (χ1n) is 7.95. The lowest BCUT2D eigenvalue weighted by molar-refractivity contribution is -0.139. The summed E-state index contributed by atoms with van der Waals surface area (Å²) >= 11 is 0. The van der Waals surface area contributed by atoms with Gasteiger partial charge < -0.3 is 18.9 Å². The molecule has 0 fully saturated rings. The highest BCUT2D eigenvalue weighted by Gasteiger charge is 2.23. The molecule has 134 valence electrons. The molecule has 1 aromatic rings. The van der Waals surface area contributed by atoms with Gasteiger partial charge in [0.1, 0.15) is 11.9 Å². The molecule has 0 saturated carbocycles. The molecule has 25 heavy (non-hydrogen) atoms. The van der Waals surface area contributed by atoms with Gasteiger partial charge in [-0.3, -0.25) is 4.79 Å². The summed E-state index contributed by atoms with van der Waals surface area (Å²) in [6, 6.07) is 3.64. The third-order valence-corrected chi connectivity index (χ3v) is 3.70. The van der Waals surface area contributed by atoms with E-state index in [2.05, 4.69) is 0 Å². The van der Waals surface area contributed by atoms with E-state index in [4.69, 9.17) is 18.9 Å². The monoisotopic (exact) mass is 346 g/mol. The molecule has 0 bridgehead atoms. The Kier molecular flexibility index (Phi) is 6.22. The van der Waals surface area contributed by atoms with Gasteiger partial charge in [0.15, 0.2) is 11.5 Å². The van der Waals surface area contributed by atoms with Crippen LogP contribution in [0.15, 0.2) is 30.0 Å². The van der Waals surface area contributed by atoms with Gasteiger partial charge in [-0.15, -0.1) is 0 Å². The predicted molar refractivity (Wildman–Crippen MR) is 92.4 cm³/mol. The van der Waals surface area contributed by atoms with Crippen molar-refractivity contribution in [2.45, 2.75) is 26.4 Å². The Balaban J connectivity index is 2.44. The van der Waals surface area contributed by atoms with Crippen LogP contribution in [0.3, 0.4) is 0 Å². The summed E-state index contributed by atoms with van der Waals surface area (Å²) in [6.07, 6.45) is 4.43. The van der Waals surface area contributed by atoms with E-state index >= 15 is 0 Å². The molecule has 0 N–H and O–H groups in total. The SMILES string of the molecule is CCOC(=O)/C(=C/C1OC=Cc2cc(OC)c(OC)cc21)CC(C)=O. The van der Waals surface area contributed by atoms with Crippen molar-refractivity contribution < 1.29 is 28.5 Å². The van der Waals surface area contributed by atoms with Crippen molar-refractivity contribution in [3.63, 3.8) is 0 Å². The Hall–Kier alpha value is -2.76. The Labute approximate surface area is 147 Å². The van der Waals surface area contributed by atoms with Gasteiger partial charge in [-0.2, -0.15) is 0 Å². The molecule has 0 spiro atoms. The fourth-order valence-electron chi connectivity index (χ4n) is 2.57. The van der Waals surface area contributed by atoms with E-state index in [0.29, 0.717) is 11.5 Å². The van der Waals surface area contributed by atoms with Crippen LogP contribution in [0, 0.1) is 0 Å². The second-order valence-corrected chi connectivity index (χ2v) is 5.49. The summed E-state index contributed by atoms with van der Waals surface area (Å²) in [6.45, 7) is 3.38. The van der Waals surface area contributed by atoms with Crippen molar-refractivity contribution in [1.29, 1.82) is 0 Å². The lowest BCUT2D eigenvalue weighted by atomic mass is 9.96. The Morgan fingerprint density at radius 1 is 1.20 bits per heavy atom. The van der Waals surface area contributed by atoms with Gasteiger partial charge in [0.25, 0.3) is 0 Å². The van der Waals surface area contributed by atoms with Crippen LogP contribution in [0.1, 0.15) is 37.5 Å². The van der Waals surface area contributed by atoms with Gasteiger partial charge in [0.05, 0.1) is 27.1 Å². The number of Topliss-reactive ketones (excluding diaryl/α,β-unsaturated/α-hetero) is 1. The third-order valence-electron chi connectivity index (χ3n) is 3.70. The van der Waals surface area contributed by atoms with E-state index in [1.165, 1.54) is 6.92 Å². The highest BCUT2D eigenvalue weighted by atomic mass is 16.5. The average molecular weight is 346 g/mol. The predicted octanol–water partition coefficient (Wildman–Crippen LogP) is 3.21. The lowest BCUT2D eigenvalue weighted by Gasteiger charge is -2.22. The minimum absolute atomic E-state index is 0.00890. The molecule has 1 aliphatic rings. The van der Waals surface area contributed by atoms with Crippen molar-refractivity contribution in [3.8, 4) is 11.5 Å². The number of ether oxygens (including phenoxy) is 4. The molecule has 1 aromatic carbocycles. The number of esters is 1. The van der Waals surface area contributed by atoms with Crippen LogP contribution in [-0.4, -0.2) is 32.6 Å². The molecule has 0 amide bonds. The van der Waals surface area contributed by atoms with E-state index in [0.717, 1.165) is 11.1 Å². The van der Waals surface area contributed by atoms with Crippen molar-refractivity contribution >= 4 is 17.8 Å². The number of methoxy groups -OCH3 is 2. The van der Waals surface area contributed by atoms with Crippen LogP contribution in [0.25, 0.3) is 6.08 Å². The quantitative estimate of drug-likeness (QED) is 0.558. The fraction of sp³-hybridized carbons (Fsp3) is 0.368. The van der Waals surface area contributed by atoms with Gasteiger partial charge >= 0.3 is 5.97 Å². The number of hydrogen-bond acceptors (Lipinski definition) is 6. The minimum atomic E-state index is -0.529. The van der Waals surface area contributed by atoms with Crippen LogP contribution in [0.2, 0.25) is 0 Å². The molecule has 0 aromatic heterocycles. The molecule has 0 radical (unpaired) electrons. The zero-order valence-electron chi connectivity index (χ0n) is 14.8. The zero-order chi connectivity index (χ0) is 18.4. The number of benzene rings is 1. The fourth-order valence-corrected chi connectivity index (χ4v) is 2.57. The average Bonchev–Trinajstić information content (AvgIpc) is 2.60. The van der Waals surface area contributed by atoms with Crippen LogP contribution in [-0.2, 0) is 19.1 Å². The van der Waals surface area contributed by atoms with E-state index in [1.54, 1.807) is 45.6 Å².